The second-order valence-corrected chi connectivity index (χ2v) is 48.4. The quantitative estimate of drug-likeness (QED) is 0.0304. The van der Waals surface area contributed by atoms with Crippen LogP contribution in [0.4, 0.5) is 0 Å². The molecular weight excluding hydrogens is 1590 g/mol. The van der Waals surface area contributed by atoms with Gasteiger partial charge in [0.2, 0.25) is 0 Å². The fourth-order valence-corrected chi connectivity index (χ4v) is 15.3. The molecule has 0 saturated carbocycles. The van der Waals surface area contributed by atoms with Crippen LogP contribution >= 0.6 is 31.3 Å². The smallest absolute Gasteiger partial charge is 0.455 e. The molecule has 0 aromatic carbocycles. The lowest BCUT2D eigenvalue weighted by molar-refractivity contribution is -0.0115. The molecule has 4 rings (SSSR count). The Morgan fingerprint density at radius 3 is 0.778 bits per heavy atom. The van der Waals surface area contributed by atoms with Crippen molar-refractivity contribution in [2.75, 3.05) is 0 Å². The Bertz CT molecular complexity index is 4160. The molecular formula is C81H150N8O24P4. The monoisotopic (exact) mass is 1740 g/mol. The second-order valence-electron chi connectivity index (χ2n) is 42.8. The molecule has 0 fully saturated rings. The zero-order chi connectivity index (χ0) is 92.9. The summed E-state index contributed by atoms with van der Waals surface area (Å²) in [5, 5.41) is 18.0. The first kappa shape index (κ1) is 110. The van der Waals surface area contributed by atoms with Crippen LogP contribution in [-0.2, 0) is 127 Å². The summed E-state index contributed by atoms with van der Waals surface area (Å²) in [7, 11) is -17.4. The molecule has 0 aliphatic carbocycles. The molecule has 678 valence electrons. The zero-order valence-corrected chi connectivity index (χ0v) is 83.0. The van der Waals surface area contributed by atoms with E-state index < -0.39 is 130 Å². The Morgan fingerprint density at radius 2 is 0.538 bits per heavy atom. The van der Waals surface area contributed by atoms with Crippen molar-refractivity contribution in [1.82, 2.24) is 39.1 Å². The normalized spacial score (nSPS) is 13.9. The SMILES string of the molecule is CC(C)(C)OC(=O)c1c(C(C)(C)C)c(C(C)(C)C)nn1COP(=O)(O)O.CC(C)c1c(C(=O)OC(C)(C)C)nn(COP(=O)(O)O)c1C(C)(C)C.CC(C)c1c(C(=O)OC(C)(C)C)nn(COP(=O)(OC(C)(C)C)OC(C)(C)C)c1C(C)(C)C.CC(C)c1c(C(C)(C)C)nn(COP(=O)(OC(C)(C)C)OC(C)(C)C)c1C(=O)OC(C)(C)C. The van der Waals surface area contributed by atoms with Gasteiger partial charge in [0.25, 0.3) is 0 Å². The molecule has 0 saturated heterocycles. The van der Waals surface area contributed by atoms with Crippen LogP contribution in [0.3, 0.4) is 0 Å². The summed E-state index contributed by atoms with van der Waals surface area (Å²) in [6.07, 6.45) is 0. The molecule has 4 aromatic heterocycles. The topological polar surface area (TPSA) is 400 Å². The summed E-state index contributed by atoms with van der Waals surface area (Å²) in [5.41, 5.74) is -1.22. The van der Waals surface area contributed by atoms with Gasteiger partial charge < -0.3 is 38.5 Å². The lowest BCUT2D eigenvalue weighted by Gasteiger charge is -2.31. The molecule has 0 radical (unpaired) electrons. The first-order valence-corrected chi connectivity index (χ1v) is 45.3. The van der Waals surface area contributed by atoms with Crippen molar-refractivity contribution < 1.29 is 112 Å². The summed E-state index contributed by atoms with van der Waals surface area (Å²) in [4.78, 5) is 87.7. The van der Waals surface area contributed by atoms with Gasteiger partial charge in [0.1, 0.15) is 22.4 Å². The van der Waals surface area contributed by atoms with E-state index in [4.69, 9.17) is 70.8 Å². The fraction of sp³-hybridized carbons (Fsp3) is 0.802. The van der Waals surface area contributed by atoms with E-state index >= 15 is 0 Å². The van der Waals surface area contributed by atoms with Crippen molar-refractivity contribution in [3.8, 4) is 0 Å². The second kappa shape index (κ2) is 38.9. The van der Waals surface area contributed by atoms with Gasteiger partial charge in [-0.25, -0.2) is 56.2 Å². The van der Waals surface area contributed by atoms with Gasteiger partial charge in [-0.3, -0.25) is 36.2 Å². The largest absolute Gasteiger partial charge is 0.477 e. The lowest BCUT2D eigenvalue weighted by atomic mass is 9.78. The average molecular weight is 1740 g/mol. The van der Waals surface area contributed by atoms with Crippen LogP contribution in [-0.4, -0.2) is 127 Å². The number of carbonyl (C=O) groups excluding carboxylic acids is 4. The summed E-state index contributed by atoms with van der Waals surface area (Å²) < 4.78 is 121. The highest BCUT2D eigenvalue weighted by Gasteiger charge is 2.44. The molecule has 4 N–H and O–H groups in total. The summed E-state index contributed by atoms with van der Waals surface area (Å²) in [5.74, 6) is -2.24. The van der Waals surface area contributed by atoms with Gasteiger partial charge in [-0.15, -0.1) is 0 Å². The molecule has 0 atom stereocenters. The van der Waals surface area contributed by atoms with E-state index in [0.717, 1.165) is 22.5 Å². The first-order valence-electron chi connectivity index (χ1n) is 39.3. The van der Waals surface area contributed by atoms with Crippen LogP contribution in [0.25, 0.3) is 0 Å². The number of aromatic nitrogens is 8. The maximum Gasteiger partial charge on any atom is 0.477 e. The summed E-state index contributed by atoms with van der Waals surface area (Å²) >= 11 is 0. The van der Waals surface area contributed by atoms with Crippen LogP contribution in [0.2, 0.25) is 0 Å². The Labute approximate surface area is 699 Å². The van der Waals surface area contributed by atoms with E-state index in [-0.39, 0.29) is 64.8 Å². The molecule has 0 unspecified atom stereocenters. The van der Waals surface area contributed by atoms with Crippen molar-refractivity contribution in [2.45, 2.75) is 428 Å². The number of ether oxygens (including phenoxy) is 4. The van der Waals surface area contributed by atoms with Crippen molar-refractivity contribution in [3.63, 3.8) is 0 Å². The fourth-order valence-electron chi connectivity index (χ4n) is 11.3. The van der Waals surface area contributed by atoms with Gasteiger partial charge in [0.05, 0.1) is 45.2 Å². The number of carbonyl (C=O) groups is 4. The molecule has 36 heteroatoms. The third kappa shape index (κ3) is 38.6. The minimum Gasteiger partial charge on any atom is -0.455 e. The van der Waals surface area contributed by atoms with Gasteiger partial charge in [0, 0.05) is 43.9 Å². The maximum atomic E-state index is 13.5. The summed E-state index contributed by atoms with van der Waals surface area (Å²) in [6, 6.07) is 0. The highest BCUT2D eigenvalue weighted by Crippen LogP contribution is 2.57. The average Bonchev–Trinajstić information content (AvgIpc) is 1.62. The van der Waals surface area contributed by atoms with Crippen LogP contribution in [0.5, 0.6) is 0 Å². The number of hydrogen-bond acceptors (Lipinski definition) is 24. The maximum absolute atomic E-state index is 13.5. The van der Waals surface area contributed by atoms with Crippen molar-refractivity contribution in [1.29, 1.82) is 0 Å². The highest BCUT2D eigenvalue weighted by atomic mass is 31.2. The number of nitrogens with zero attached hydrogens (tertiary/aromatic N) is 8. The van der Waals surface area contributed by atoms with Gasteiger partial charge in [-0.05, 0) is 189 Å². The molecule has 0 spiro atoms. The predicted octanol–water partition coefficient (Wildman–Crippen LogP) is 20.8. The van der Waals surface area contributed by atoms with Gasteiger partial charge in [-0.1, -0.05) is 145 Å². The molecule has 0 bridgehead atoms. The molecule has 0 amide bonds. The number of hydrogen-bond donors (Lipinski definition) is 4. The van der Waals surface area contributed by atoms with E-state index in [9.17, 15) is 37.4 Å². The van der Waals surface area contributed by atoms with E-state index in [1.165, 1.54) is 14.0 Å². The van der Waals surface area contributed by atoms with Gasteiger partial charge >= 0.3 is 55.2 Å². The van der Waals surface area contributed by atoms with Crippen LogP contribution in [0, 0.1) is 0 Å². The third-order valence-electron chi connectivity index (χ3n) is 14.5. The van der Waals surface area contributed by atoms with E-state index in [2.05, 4.69) is 24.3 Å². The number of phosphoric acid groups is 4. The number of rotatable bonds is 23. The molecule has 0 aliphatic heterocycles. The third-order valence-corrected chi connectivity index (χ3v) is 19.4. The minimum atomic E-state index is -4.72. The Morgan fingerprint density at radius 1 is 0.299 bits per heavy atom. The predicted molar refractivity (Wildman–Crippen MR) is 452 cm³/mol. The lowest BCUT2D eigenvalue weighted by Crippen LogP contribution is -2.29. The molecule has 32 nitrogen and oxygen atoms in total. The number of phosphoric ester groups is 4. The summed E-state index contributed by atoms with van der Waals surface area (Å²) in [6.45, 7) is 82.7. The molecule has 117 heavy (non-hydrogen) atoms. The van der Waals surface area contributed by atoms with Crippen molar-refractivity contribution in [3.05, 3.63) is 67.8 Å². The Hall–Kier alpha value is -4.84. The van der Waals surface area contributed by atoms with Crippen molar-refractivity contribution >= 4 is 55.2 Å². The van der Waals surface area contributed by atoms with Crippen molar-refractivity contribution in [2.24, 2.45) is 0 Å². The molecule has 0 aliphatic rings. The van der Waals surface area contributed by atoms with Crippen LogP contribution in [0.15, 0.2) is 0 Å². The Kier molecular flexibility index (Phi) is 36.7. The molecule has 4 aromatic rings. The Balaban J connectivity index is 0.000000786. The first-order chi connectivity index (χ1) is 51.2. The van der Waals surface area contributed by atoms with Crippen LogP contribution < -0.4 is 0 Å². The van der Waals surface area contributed by atoms with Crippen LogP contribution in [0.1, 0.15) is 416 Å². The standard InChI is InChI=1S/2C24H45N2O6P.C17H31N2O6P.C16H29N2O6P/c1-16(2)17-18(20(27)30-22(6,7)8)26(25-19(17)21(3,4)5)15-29-33(28,31-23(9,10)11)32-24(12,13)14;1-16(2)17-18(20(27)30-22(6,7)8)25-26(19(17)21(3,4)5)15-29-33(28,31-23(9,10)11)32-24(12,13)14;1-15(2,3)11-12(14(20)25-17(7,8)9)19(10-24-26(21,22)23)18-13(11)16(4,5)6;1-10(2)11-12(14(19)24-16(6,7)8)17-18(9-23-25(20,21)22)13(11)15(3,4)5/h2*16H,15H2,1-14H3;10H2,1-9H3,(H2,21,22,23);10H,9H2,1-8H3,(H2,20,21,22). The van der Waals surface area contributed by atoms with Gasteiger partial charge in [-0.2, -0.15) is 20.4 Å². The van der Waals surface area contributed by atoms with E-state index in [1.54, 1.807) is 129 Å². The molecule has 4 heterocycles. The zero-order valence-electron chi connectivity index (χ0n) is 79.4. The van der Waals surface area contributed by atoms with Gasteiger partial charge in [0.15, 0.2) is 49.7 Å². The highest BCUT2D eigenvalue weighted by molar-refractivity contribution is 7.49. The minimum absolute atomic E-state index is 0.000974. The van der Waals surface area contributed by atoms with E-state index in [1.807, 2.05) is 187 Å². The van der Waals surface area contributed by atoms with E-state index in [0.29, 0.717) is 22.5 Å². The number of esters is 4.